The molecular formula is C13H22N6O2. The van der Waals surface area contributed by atoms with E-state index in [0.29, 0.717) is 19.1 Å². The molecule has 0 aliphatic rings. The molecule has 0 aromatic carbocycles. The number of aryl methyl sites for hydroxylation is 2. The molecule has 2 aromatic rings. The van der Waals surface area contributed by atoms with Gasteiger partial charge < -0.3 is 15.8 Å². The Hall–Kier alpha value is -2.09. The zero-order valence-corrected chi connectivity index (χ0v) is 12.9. The number of anilines is 1. The third kappa shape index (κ3) is 2.71. The Labute approximate surface area is 123 Å². The number of nitrogens with two attached hydrogens (primary N) is 1. The summed E-state index contributed by atoms with van der Waals surface area (Å²) < 4.78 is 8.35. The second-order valence-electron chi connectivity index (χ2n) is 4.90. The van der Waals surface area contributed by atoms with Crippen molar-refractivity contribution in [3.05, 3.63) is 5.69 Å². The molecule has 0 aliphatic heterocycles. The zero-order chi connectivity index (χ0) is 15.6. The van der Waals surface area contributed by atoms with Crippen molar-refractivity contribution in [2.45, 2.75) is 26.3 Å². The predicted molar refractivity (Wildman–Crippen MR) is 79.9 cm³/mol. The van der Waals surface area contributed by atoms with Crippen molar-refractivity contribution in [3.63, 3.8) is 0 Å². The molecule has 21 heavy (non-hydrogen) atoms. The molecule has 2 aromatic heterocycles. The average molecular weight is 294 g/mol. The van der Waals surface area contributed by atoms with Crippen molar-refractivity contribution in [1.29, 1.82) is 0 Å². The van der Waals surface area contributed by atoms with Crippen LogP contribution in [-0.4, -0.2) is 45.5 Å². The van der Waals surface area contributed by atoms with Crippen LogP contribution < -0.4 is 11.1 Å². The van der Waals surface area contributed by atoms with E-state index in [1.165, 1.54) is 0 Å². The van der Waals surface area contributed by atoms with E-state index >= 15 is 0 Å². The van der Waals surface area contributed by atoms with Crippen LogP contribution >= 0.6 is 0 Å². The number of hydrogen-bond acceptors (Lipinski definition) is 5. The Balaban J connectivity index is 2.34. The molecule has 1 unspecified atom stereocenters. The van der Waals surface area contributed by atoms with Gasteiger partial charge in [0.25, 0.3) is 0 Å². The number of ether oxygens (including phenoxy) is 1. The highest BCUT2D eigenvalue weighted by atomic mass is 16.5. The topological polar surface area (TPSA) is 100.0 Å². The number of nitrogen functional groups attached to an aromatic ring is 1. The number of hydrogen-bond donors (Lipinski definition) is 2. The summed E-state index contributed by atoms with van der Waals surface area (Å²) in [7, 11) is 3.42. The van der Waals surface area contributed by atoms with Gasteiger partial charge in [-0.3, -0.25) is 14.0 Å². The highest BCUT2D eigenvalue weighted by Gasteiger charge is 2.24. The van der Waals surface area contributed by atoms with Crippen LogP contribution in [0.2, 0.25) is 0 Å². The highest BCUT2D eigenvalue weighted by Crippen LogP contribution is 2.25. The van der Waals surface area contributed by atoms with Crippen LogP contribution in [0.1, 0.15) is 25.6 Å². The molecule has 1 amide bonds. The monoisotopic (exact) mass is 294 g/mol. The van der Waals surface area contributed by atoms with Crippen molar-refractivity contribution in [2.24, 2.45) is 7.05 Å². The highest BCUT2D eigenvalue weighted by molar-refractivity contribution is 5.85. The Morgan fingerprint density at radius 3 is 2.86 bits per heavy atom. The van der Waals surface area contributed by atoms with Crippen LogP contribution in [0.25, 0.3) is 11.2 Å². The number of carbonyl (C=O) groups is 1. The van der Waals surface area contributed by atoms with Gasteiger partial charge in [0.05, 0.1) is 12.3 Å². The first-order chi connectivity index (χ1) is 10.0. The first-order valence-electron chi connectivity index (χ1n) is 6.97. The molecule has 1 atom stereocenters. The minimum atomic E-state index is -0.466. The minimum absolute atomic E-state index is 0.128. The van der Waals surface area contributed by atoms with Gasteiger partial charge in [-0.25, -0.2) is 4.98 Å². The van der Waals surface area contributed by atoms with E-state index in [9.17, 15) is 4.79 Å². The third-order valence-electron chi connectivity index (χ3n) is 3.47. The molecule has 0 radical (unpaired) electrons. The first-order valence-corrected chi connectivity index (χ1v) is 6.97. The maximum atomic E-state index is 12.2. The Bertz CT molecular complexity index is 645. The summed E-state index contributed by atoms with van der Waals surface area (Å²) in [5.41, 5.74) is 8.39. The van der Waals surface area contributed by atoms with E-state index < -0.39 is 6.04 Å². The molecular weight excluding hydrogens is 272 g/mol. The Kier molecular flexibility index (Phi) is 4.46. The number of imidazole rings is 1. The van der Waals surface area contributed by atoms with Gasteiger partial charge in [0.2, 0.25) is 11.9 Å². The van der Waals surface area contributed by atoms with Gasteiger partial charge in [0.15, 0.2) is 5.65 Å². The molecule has 3 N–H and O–H groups in total. The molecule has 0 fully saturated rings. The maximum absolute atomic E-state index is 12.2. The van der Waals surface area contributed by atoms with Gasteiger partial charge in [0, 0.05) is 20.7 Å². The maximum Gasteiger partial charge on any atom is 0.243 e. The molecule has 8 heteroatoms. The van der Waals surface area contributed by atoms with Crippen molar-refractivity contribution in [3.8, 4) is 0 Å². The lowest BCUT2D eigenvalue weighted by Gasteiger charge is -2.15. The number of aromatic nitrogens is 4. The van der Waals surface area contributed by atoms with Crippen LogP contribution in [-0.2, 0) is 23.0 Å². The van der Waals surface area contributed by atoms with Gasteiger partial charge in [-0.15, -0.1) is 0 Å². The summed E-state index contributed by atoms with van der Waals surface area (Å²) in [4.78, 5) is 16.6. The van der Waals surface area contributed by atoms with Crippen LogP contribution in [0.5, 0.6) is 0 Å². The standard InChI is InChI=1S/C13H22N6O2/c1-5-9-10-12(18(3)17-9)19(13(14)16-10)8(2)11(20)15-6-7-21-4/h8H,5-7H2,1-4H3,(H2,14,16)(H,15,20). The number of carbonyl (C=O) groups excluding carboxylic acids is 1. The fourth-order valence-electron chi connectivity index (χ4n) is 2.38. The molecule has 0 saturated heterocycles. The fraction of sp³-hybridized carbons (Fsp3) is 0.615. The number of fused-ring (bicyclic) bond motifs is 1. The molecule has 2 rings (SSSR count). The summed E-state index contributed by atoms with van der Waals surface area (Å²) in [5, 5.41) is 7.22. The molecule has 0 bridgehead atoms. The first kappa shape index (κ1) is 15.3. The summed E-state index contributed by atoms with van der Waals surface area (Å²) in [6, 6.07) is -0.466. The SMILES string of the molecule is CCc1nn(C)c2c1nc(N)n2C(C)C(=O)NCCOC. The lowest BCUT2D eigenvalue weighted by Crippen LogP contribution is -2.33. The van der Waals surface area contributed by atoms with Gasteiger partial charge in [-0.1, -0.05) is 6.92 Å². The summed E-state index contributed by atoms with van der Waals surface area (Å²) >= 11 is 0. The molecule has 2 heterocycles. The Morgan fingerprint density at radius 2 is 2.24 bits per heavy atom. The van der Waals surface area contributed by atoms with E-state index in [1.54, 1.807) is 23.3 Å². The third-order valence-corrected chi connectivity index (χ3v) is 3.47. The quantitative estimate of drug-likeness (QED) is 0.743. The van der Waals surface area contributed by atoms with Crippen molar-refractivity contribution in [1.82, 2.24) is 24.6 Å². The molecule has 0 aliphatic carbocycles. The van der Waals surface area contributed by atoms with E-state index in [0.717, 1.165) is 23.3 Å². The summed E-state index contributed by atoms with van der Waals surface area (Å²) in [6.45, 7) is 4.73. The second-order valence-corrected chi connectivity index (χ2v) is 4.90. The number of nitrogens with one attached hydrogen (secondary N) is 1. The lowest BCUT2D eigenvalue weighted by molar-refractivity contribution is -0.123. The van der Waals surface area contributed by atoms with Gasteiger partial charge in [-0.05, 0) is 13.3 Å². The largest absolute Gasteiger partial charge is 0.383 e. The van der Waals surface area contributed by atoms with E-state index in [2.05, 4.69) is 15.4 Å². The predicted octanol–water partition coefficient (Wildman–Crippen LogP) is 0.238. The second kappa shape index (κ2) is 6.13. The molecule has 0 spiro atoms. The lowest BCUT2D eigenvalue weighted by atomic mass is 10.3. The summed E-state index contributed by atoms with van der Waals surface area (Å²) in [6.07, 6.45) is 0.766. The van der Waals surface area contributed by atoms with Crippen LogP contribution in [0.15, 0.2) is 0 Å². The number of methoxy groups -OCH3 is 1. The van der Waals surface area contributed by atoms with E-state index in [1.807, 2.05) is 14.0 Å². The van der Waals surface area contributed by atoms with Crippen LogP contribution in [0, 0.1) is 0 Å². The molecule has 0 saturated carbocycles. The van der Waals surface area contributed by atoms with E-state index in [-0.39, 0.29) is 5.91 Å². The van der Waals surface area contributed by atoms with Crippen LogP contribution in [0.3, 0.4) is 0 Å². The summed E-state index contributed by atoms with van der Waals surface area (Å²) in [5.74, 6) is 0.194. The molecule has 8 nitrogen and oxygen atoms in total. The smallest absolute Gasteiger partial charge is 0.243 e. The van der Waals surface area contributed by atoms with Crippen molar-refractivity contribution >= 4 is 23.0 Å². The number of nitrogens with zero attached hydrogens (tertiary/aromatic N) is 4. The number of amides is 1. The Morgan fingerprint density at radius 1 is 1.52 bits per heavy atom. The van der Waals surface area contributed by atoms with Crippen molar-refractivity contribution < 1.29 is 9.53 Å². The average Bonchev–Trinajstić information content (AvgIpc) is 2.95. The zero-order valence-electron chi connectivity index (χ0n) is 12.9. The fourth-order valence-corrected chi connectivity index (χ4v) is 2.38. The van der Waals surface area contributed by atoms with Crippen molar-refractivity contribution in [2.75, 3.05) is 26.0 Å². The van der Waals surface area contributed by atoms with Gasteiger partial charge >= 0.3 is 0 Å². The number of rotatable bonds is 6. The molecule has 116 valence electrons. The van der Waals surface area contributed by atoms with E-state index in [4.69, 9.17) is 10.5 Å². The van der Waals surface area contributed by atoms with Crippen LogP contribution in [0.4, 0.5) is 5.95 Å². The normalized spacial score (nSPS) is 12.8. The van der Waals surface area contributed by atoms with Gasteiger partial charge in [0.1, 0.15) is 11.6 Å². The minimum Gasteiger partial charge on any atom is -0.383 e. The van der Waals surface area contributed by atoms with Gasteiger partial charge in [-0.2, -0.15) is 5.10 Å².